The van der Waals surface area contributed by atoms with Crippen molar-refractivity contribution >= 4 is 0 Å². The van der Waals surface area contributed by atoms with E-state index in [0.29, 0.717) is 6.04 Å². The summed E-state index contributed by atoms with van der Waals surface area (Å²) in [6.45, 7) is 2.18. The van der Waals surface area contributed by atoms with Crippen molar-refractivity contribution in [3.8, 4) is 0 Å². The highest BCUT2D eigenvalue weighted by Gasteiger charge is 2.26. The van der Waals surface area contributed by atoms with Gasteiger partial charge in [0.2, 0.25) is 0 Å². The summed E-state index contributed by atoms with van der Waals surface area (Å²) in [6.07, 6.45) is 2.77. The highest BCUT2D eigenvalue weighted by molar-refractivity contribution is 5.16. The lowest BCUT2D eigenvalue weighted by Crippen LogP contribution is -2.38. The van der Waals surface area contributed by atoms with Crippen LogP contribution in [-0.2, 0) is 6.42 Å². The fourth-order valence-corrected chi connectivity index (χ4v) is 2.26. The smallest absolute Gasteiger partial charge is 0.0733 e. The van der Waals surface area contributed by atoms with Gasteiger partial charge >= 0.3 is 0 Å². The predicted molar refractivity (Wildman–Crippen MR) is 61.8 cm³/mol. The van der Waals surface area contributed by atoms with Gasteiger partial charge in [0, 0.05) is 12.1 Å². The van der Waals surface area contributed by atoms with Crippen molar-refractivity contribution in [1.29, 1.82) is 0 Å². The number of aliphatic hydroxyl groups is 1. The van der Waals surface area contributed by atoms with Crippen LogP contribution >= 0.6 is 0 Å². The van der Waals surface area contributed by atoms with Gasteiger partial charge in [-0.2, -0.15) is 0 Å². The molecule has 0 bridgehead atoms. The van der Waals surface area contributed by atoms with E-state index >= 15 is 0 Å². The number of hydrogen-bond acceptors (Lipinski definition) is 2. The van der Waals surface area contributed by atoms with E-state index in [1.165, 1.54) is 12.0 Å². The molecule has 0 radical (unpaired) electrons. The molecule has 1 aromatic carbocycles. The Bertz CT molecular complexity index is 299. The molecule has 0 amide bonds. The Balaban J connectivity index is 1.90. The molecule has 3 atom stereocenters. The third kappa shape index (κ3) is 2.80. The number of rotatable bonds is 3. The van der Waals surface area contributed by atoms with Crippen molar-refractivity contribution in [3.63, 3.8) is 0 Å². The van der Waals surface area contributed by atoms with E-state index in [9.17, 15) is 5.11 Å². The zero-order valence-electron chi connectivity index (χ0n) is 9.19. The van der Waals surface area contributed by atoms with Crippen LogP contribution in [0.15, 0.2) is 30.3 Å². The normalized spacial score (nSPS) is 27.9. The zero-order valence-corrected chi connectivity index (χ0v) is 9.19. The summed E-state index contributed by atoms with van der Waals surface area (Å²) in [4.78, 5) is 0. The molecule has 0 aliphatic carbocycles. The summed E-state index contributed by atoms with van der Waals surface area (Å²) in [5.74, 6) is 0. The summed E-state index contributed by atoms with van der Waals surface area (Å²) in [6, 6.07) is 11.0. The van der Waals surface area contributed by atoms with E-state index in [1.54, 1.807) is 0 Å². The maximum atomic E-state index is 10.1. The molecule has 0 spiro atoms. The third-order valence-electron chi connectivity index (χ3n) is 3.16. The minimum absolute atomic E-state index is 0.252. The second kappa shape index (κ2) is 4.77. The Kier molecular flexibility index (Phi) is 3.39. The van der Waals surface area contributed by atoms with Gasteiger partial charge in [0.25, 0.3) is 0 Å². The van der Waals surface area contributed by atoms with E-state index in [2.05, 4.69) is 24.4 Å². The van der Waals surface area contributed by atoms with Gasteiger partial charge in [0.1, 0.15) is 0 Å². The average molecular weight is 205 g/mol. The summed E-state index contributed by atoms with van der Waals surface area (Å²) < 4.78 is 0. The largest absolute Gasteiger partial charge is 0.391 e. The molecular weight excluding hydrogens is 186 g/mol. The molecule has 1 fully saturated rings. The molecule has 1 aliphatic rings. The molecule has 1 aromatic rings. The summed E-state index contributed by atoms with van der Waals surface area (Å²) in [5.41, 5.74) is 1.21. The highest BCUT2D eigenvalue weighted by atomic mass is 16.3. The lowest BCUT2D eigenvalue weighted by Gasteiger charge is -2.19. The van der Waals surface area contributed by atoms with Gasteiger partial charge < -0.3 is 10.4 Å². The number of nitrogens with one attached hydrogen (secondary N) is 1. The number of benzene rings is 1. The molecule has 3 unspecified atom stereocenters. The monoisotopic (exact) mass is 205 g/mol. The van der Waals surface area contributed by atoms with E-state index in [-0.39, 0.29) is 12.1 Å². The van der Waals surface area contributed by atoms with Gasteiger partial charge in [-0.3, -0.25) is 0 Å². The lowest BCUT2D eigenvalue weighted by molar-refractivity contribution is 0.134. The molecule has 1 saturated heterocycles. The fourth-order valence-electron chi connectivity index (χ4n) is 2.26. The number of hydrogen-bond donors (Lipinski definition) is 2. The zero-order chi connectivity index (χ0) is 10.7. The Labute approximate surface area is 91.3 Å². The van der Waals surface area contributed by atoms with Crippen molar-refractivity contribution in [2.45, 2.75) is 44.4 Å². The first-order valence-corrected chi connectivity index (χ1v) is 5.74. The third-order valence-corrected chi connectivity index (χ3v) is 3.16. The van der Waals surface area contributed by atoms with Crippen LogP contribution in [0.1, 0.15) is 25.3 Å². The summed E-state index contributed by atoms with van der Waals surface area (Å²) >= 11 is 0. The molecule has 82 valence electrons. The van der Waals surface area contributed by atoms with Crippen molar-refractivity contribution in [2.75, 3.05) is 0 Å². The molecular formula is C13H19NO. The summed E-state index contributed by atoms with van der Waals surface area (Å²) in [5, 5.41) is 13.5. The van der Waals surface area contributed by atoms with E-state index < -0.39 is 0 Å². The van der Waals surface area contributed by atoms with E-state index in [0.717, 1.165) is 12.8 Å². The van der Waals surface area contributed by atoms with Crippen LogP contribution in [0.2, 0.25) is 0 Å². The SMILES string of the molecule is CC1CCC(C(O)Cc2ccccc2)N1. The first kappa shape index (κ1) is 10.7. The maximum Gasteiger partial charge on any atom is 0.0733 e. The van der Waals surface area contributed by atoms with Gasteiger partial charge in [-0.05, 0) is 31.7 Å². The van der Waals surface area contributed by atoms with Crippen LogP contribution < -0.4 is 5.32 Å². The average Bonchev–Trinajstić information content (AvgIpc) is 2.66. The molecule has 0 saturated carbocycles. The maximum absolute atomic E-state index is 10.1. The Morgan fingerprint density at radius 2 is 2.07 bits per heavy atom. The standard InChI is InChI=1S/C13H19NO/c1-10-7-8-12(14-10)13(15)9-11-5-3-2-4-6-11/h2-6,10,12-15H,7-9H2,1H3. The van der Waals surface area contributed by atoms with Crippen LogP contribution in [0, 0.1) is 0 Å². The van der Waals surface area contributed by atoms with E-state index in [1.807, 2.05) is 18.2 Å². The highest BCUT2D eigenvalue weighted by Crippen LogP contribution is 2.17. The second-order valence-corrected chi connectivity index (χ2v) is 4.51. The molecule has 2 nitrogen and oxygen atoms in total. The Hall–Kier alpha value is -0.860. The first-order chi connectivity index (χ1) is 7.25. The van der Waals surface area contributed by atoms with Crippen LogP contribution in [0.25, 0.3) is 0 Å². The van der Waals surface area contributed by atoms with Gasteiger partial charge in [-0.25, -0.2) is 0 Å². The van der Waals surface area contributed by atoms with Crippen molar-refractivity contribution in [3.05, 3.63) is 35.9 Å². The van der Waals surface area contributed by atoms with Gasteiger partial charge in [-0.15, -0.1) is 0 Å². The molecule has 2 N–H and O–H groups in total. The molecule has 15 heavy (non-hydrogen) atoms. The lowest BCUT2D eigenvalue weighted by atomic mass is 10.0. The summed E-state index contributed by atoms with van der Waals surface area (Å²) in [7, 11) is 0. The van der Waals surface area contributed by atoms with Crippen molar-refractivity contribution in [1.82, 2.24) is 5.32 Å². The van der Waals surface area contributed by atoms with Gasteiger partial charge in [-0.1, -0.05) is 30.3 Å². The van der Waals surface area contributed by atoms with Crippen LogP contribution in [0.4, 0.5) is 0 Å². The molecule has 2 heteroatoms. The van der Waals surface area contributed by atoms with Crippen molar-refractivity contribution < 1.29 is 5.11 Å². The molecule has 2 rings (SSSR count). The fraction of sp³-hybridized carbons (Fsp3) is 0.538. The topological polar surface area (TPSA) is 32.3 Å². The minimum atomic E-state index is -0.252. The van der Waals surface area contributed by atoms with Crippen LogP contribution in [0.5, 0.6) is 0 Å². The quantitative estimate of drug-likeness (QED) is 0.787. The second-order valence-electron chi connectivity index (χ2n) is 4.51. The molecule has 0 aromatic heterocycles. The Morgan fingerprint density at radius 1 is 1.33 bits per heavy atom. The predicted octanol–water partition coefficient (Wildman–Crippen LogP) is 1.73. The van der Waals surface area contributed by atoms with Crippen LogP contribution in [0.3, 0.4) is 0 Å². The first-order valence-electron chi connectivity index (χ1n) is 5.74. The van der Waals surface area contributed by atoms with Gasteiger partial charge in [0.05, 0.1) is 6.10 Å². The minimum Gasteiger partial charge on any atom is -0.391 e. The number of aliphatic hydroxyl groups excluding tert-OH is 1. The van der Waals surface area contributed by atoms with E-state index in [4.69, 9.17) is 0 Å². The van der Waals surface area contributed by atoms with Gasteiger partial charge in [0.15, 0.2) is 0 Å². The molecule has 1 aliphatic heterocycles. The van der Waals surface area contributed by atoms with Crippen molar-refractivity contribution in [2.24, 2.45) is 0 Å². The van der Waals surface area contributed by atoms with Crippen LogP contribution in [-0.4, -0.2) is 23.3 Å². The molecule has 1 heterocycles. The Morgan fingerprint density at radius 3 is 2.67 bits per heavy atom.